The number of rotatable bonds is 8. The standard InChI is InChI=1S/C68H62N4/c1-41(2)43-21-27-49(28-22-43)69(47-17-13-11-14-18-47)59-35-31-51-53-39-62-54(40-61(53)71-57-33-25-45(67(5,6)7)37-55(57)63(59)65(51)71)52-32-36-60(64-56-38-46(68(8,9)10)26-34-58(56)72(62)66(52)64)70(48-19-15-12-16-20-48)50-29-23-44(24-30-50)42(3)4/h11-42H,1-10H3/i11D,12D,13D,14D,15D,16D,17D,18D,19D,20D,21D,22D,23D,24D,27D,28D,29D,30D,39D,40D. The molecule has 4 aromatic heterocycles. The summed E-state index contributed by atoms with van der Waals surface area (Å²) in [6.45, 7) is 19.2. The van der Waals surface area contributed by atoms with Crippen molar-refractivity contribution in [1.29, 1.82) is 0 Å². The molecule has 4 nitrogen and oxygen atoms in total. The van der Waals surface area contributed by atoms with E-state index >= 15 is 0 Å². The SMILES string of the molecule is [2H]c1c([2H])c([2H])c(N(c2c([2H])c([2H])c(C(C)C)c([2H])c2[2H])c2ccc3c4c([2H])c5c(c([2H])c4n4c6ccc(C(C)(C)C)cc6c2c34)c2ccc(N(c3c([2H])c([2H])c([2H])c([2H])c3[2H])c3c([2H])c([2H])c(C(C)C)c([2H])c3[2H])c3c4cc(C(C)(C)C)ccc4n5c23)c([2H])c1[2H]. The molecular weight excluding hydrogens is 873 g/mol. The molecular formula is C68H62N4. The fourth-order valence-electron chi connectivity index (χ4n) is 10.5. The first-order valence-electron chi connectivity index (χ1n) is 34.4. The van der Waals surface area contributed by atoms with E-state index in [1.807, 2.05) is 86.7 Å². The molecule has 9 aromatic carbocycles. The lowest BCUT2D eigenvalue weighted by molar-refractivity contribution is 0.591. The van der Waals surface area contributed by atoms with Crippen molar-refractivity contribution in [1.82, 2.24) is 8.80 Å². The monoisotopic (exact) mass is 955 g/mol. The molecule has 0 amide bonds. The maximum Gasteiger partial charge on any atom is 0.0653 e. The van der Waals surface area contributed by atoms with Crippen molar-refractivity contribution in [3.63, 3.8) is 0 Å². The first-order chi connectivity index (χ1) is 43.0. The van der Waals surface area contributed by atoms with Crippen molar-refractivity contribution in [3.8, 4) is 0 Å². The fourth-order valence-corrected chi connectivity index (χ4v) is 10.5. The third-order valence-electron chi connectivity index (χ3n) is 14.2. The van der Waals surface area contributed by atoms with Crippen molar-refractivity contribution < 1.29 is 27.4 Å². The Labute approximate surface area is 451 Å². The zero-order valence-electron chi connectivity index (χ0n) is 61.7. The summed E-state index contributed by atoms with van der Waals surface area (Å²) in [4.78, 5) is 2.48. The number of para-hydroxylation sites is 2. The molecule has 0 N–H and O–H groups in total. The number of anilines is 6. The smallest absolute Gasteiger partial charge is 0.0653 e. The summed E-state index contributed by atoms with van der Waals surface area (Å²) >= 11 is 0. The lowest BCUT2D eigenvalue weighted by atomic mass is 9.86. The van der Waals surface area contributed by atoms with Crippen LogP contribution < -0.4 is 9.80 Å². The molecule has 4 heterocycles. The minimum Gasteiger partial charge on any atom is -0.310 e. The van der Waals surface area contributed by atoms with Gasteiger partial charge in [0.2, 0.25) is 0 Å². The summed E-state index contributed by atoms with van der Waals surface area (Å²) < 4.78 is 192. The van der Waals surface area contributed by atoms with E-state index in [-0.39, 0.29) is 70.1 Å². The zero-order chi connectivity index (χ0) is 66.9. The molecule has 72 heavy (non-hydrogen) atoms. The summed E-state index contributed by atoms with van der Waals surface area (Å²) in [5, 5.41) is 3.49. The van der Waals surface area contributed by atoms with Crippen LogP contribution in [-0.4, -0.2) is 8.80 Å². The van der Waals surface area contributed by atoms with Gasteiger partial charge < -0.3 is 18.6 Å². The molecule has 0 aliphatic heterocycles. The van der Waals surface area contributed by atoms with Gasteiger partial charge in [0.15, 0.2) is 0 Å². The first kappa shape index (κ1) is 27.7. The van der Waals surface area contributed by atoms with Crippen LogP contribution in [-0.2, 0) is 10.8 Å². The van der Waals surface area contributed by atoms with Gasteiger partial charge in [-0.05, 0) is 142 Å². The molecule has 0 bridgehead atoms. The number of benzene rings is 9. The molecule has 0 spiro atoms. The van der Waals surface area contributed by atoms with Crippen LogP contribution in [0.15, 0.2) is 182 Å². The molecule has 0 saturated heterocycles. The second-order valence-corrected chi connectivity index (χ2v) is 21.5. The number of fused-ring (bicyclic) bond motifs is 12. The average Bonchev–Trinajstić information content (AvgIpc) is 1.50. The van der Waals surface area contributed by atoms with Gasteiger partial charge in [-0.25, -0.2) is 0 Å². The van der Waals surface area contributed by atoms with Crippen LogP contribution in [0, 0.1) is 0 Å². The summed E-state index contributed by atoms with van der Waals surface area (Å²) in [6.07, 6.45) is 0. The Morgan fingerprint density at radius 1 is 0.389 bits per heavy atom. The first-order valence-corrected chi connectivity index (χ1v) is 24.4. The van der Waals surface area contributed by atoms with Crippen LogP contribution in [0.5, 0.6) is 0 Å². The Hall–Kier alpha value is -7.82. The highest BCUT2D eigenvalue weighted by Gasteiger charge is 2.29. The lowest BCUT2D eigenvalue weighted by Gasteiger charge is -2.27. The molecule has 13 aromatic rings. The Balaban J connectivity index is 1.23. The number of hydrogen-bond donors (Lipinski definition) is 0. The molecule has 13 rings (SSSR count). The van der Waals surface area contributed by atoms with Crippen molar-refractivity contribution in [2.24, 2.45) is 0 Å². The molecule has 4 heteroatoms. The number of nitrogens with zero attached hydrogens (tertiary/aromatic N) is 4. The maximum absolute atomic E-state index is 10.7. The zero-order valence-corrected chi connectivity index (χ0v) is 41.7. The second kappa shape index (κ2) is 15.8. The van der Waals surface area contributed by atoms with Crippen LogP contribution in [0.4, 0.5) is 34.1 Å². The average molecular weight is 955 g/mol. The summed E-state index contributed by atoms with van der Waals surface area (Å²) in [5.41, 5.74) is 2.28. The van der Waals surface area contributed by atoms with E-state index in [0.717, 1.165) is 11.1 Å². The highest BCUT2D eigenvalue weighted by Crippen LogP contribution is 2.52. The van der Waals surface area contributed by atoms with Gasteiger partial charge in [-0.3, -0.25) is 0 Å². The van der Waals surface area contributed by atoms with E-state index in [0.29, 0.717) is 76.2 Å². The minimum absolute atomic E-state index is 0.0303. The predicted octanol–water partition coefficient (Wildman–Crippen LogP) is 19.8. The van der Waals surface area contributed by atoms with Crippen LogP contribution in [0.25, 0.3) is 76.2 Å². The molecule has 0 radical (unpaired) electrons. The van der Waals surface area contributed by atoms with Gasteiger partial charge in [-0.15, -0.1) is 0 Å². The normalized spacial score (nSPS) is 16.7. The molecule has 0 aliphatic rings. The van der Waals surface area contributed by atoms with Gasteiger partial charge in [0, 0.05) is 65.8 Å². The van der Waals surface area contributed by atoms with Crippen molar-refractivity contribution in [2.75, 3.05) is 9.80 Å². The van der Waals surface area contributed by atoms with E-state index in [2.05, 4.69) is 0 Å². The van der Waals surface area contributed by atoms with Gasteiger partial charge >= 0.3 is 0 Å². The van der Waals surface area contributed by atoms with Gasteiger partial charge in [0.1, 0.15) is 0 Å². The van der Waals surface area contributed by atoms with Crippen LogP contribution >= 0.6 is 0 Å². The molecule has 0 unspecified atom stereocenters. The van der Waals surface area contributed by atoms with Crippen LogP contribution in [0.1, 0.15) is 131 Å². The molecule has 354 valence electrons. The van der Waals surface area contributed by atoms with E-state index < -0.39 is 119 Å². The molecule has 0 aliphatic carbocycles. The van der Waals surface area contributed by atoms with E-state index in [1.165, 1.54) is 9.80 Å². The van der Waals surface area contributed by atoms with Crippen molar-refractivity contribution >= 4 is 110 Å². The Kier molecular flexibility index (Phi) is 6.09. The number of hydrogen-bond acceptors (Lipinski definition) is 2. The topological polar surface area (TPSA) is 15.3 Å². The van der Waals surface area contributed by atoms with Gasteiger partial charge in [-0.2, -0.15) is 0 Å². The highest BCUT2D eigenvalue weighted by atomic mass is 15.2. The number of aromatic nitrogens is 2. The molecule has 0 fully saturated rings. The van der Waals surface area contributed by atoms with E-state index in [4.69, 9.17) is 8.22 Å². The predicted molar refractivity (Wildman–Crippen MR) is 311 cm³/mol. The summed E-state index contributed by atoms with van der Waals surface area (Å²) in [6, 6.07) is 7.91. The fraction of sp³-hybridized carbons (Fsp3) is 0.206. The highest BCUT2D eigenvalue weighted by molar-refractivity contribution is 6.32. The summed E-state index contributed by atoms with van der Waals surface area (Å²) in [7, 11) is 0. The Morgan fingerprint density at radius 2 is 0.750 bits per heavy atom. The molecule has 0 atom stereocenters. The maximum atomic E-state index is 10.7. The largest absolute Gasteiger partial charge is 0.310 e. The van der Waals surface area contributed by atoms with E-state index in [1.54, 1.807) is 52.0 Å². The Bertz CT molecular complexity index is 5010. The van der Waals surface area contributed by atoms with Gasteiger partial charge in [0.05, 0.1) is 71.9 Å². The van der Waals surface area contributed by atoms with Crippen molar-refractivity contribution in [2.45, 2.75) is 91.9 Å². The minimum atomic E-state index is -0.698. The third-order valence-corrected chi connectivity index (χ3v) is 14.2. The molecule has 0 saturated carbocycles. The summed E-state index contributed by atoms with van der Waals surface area (Å²) in [5.74, 6) is -0.922. The van der Waals surface area contributed by atoms with Crippen molar-refractivity contribution in [3.05, 3.63) is 204 Å². The van der Waals surface area contributed by atoms with Gasteiger partial charge in [-0.1, -0.05) is 154 Å². The van der Waals surface area contributed by atoms with E-state index in [9.17, 15) is 19.2 Å². The van der Waals surface area contributed by atoms with Crippen LogP contribution in [0.3, 0.4) is 0 Å². The quantitative estimate of drug-likeness (QED) is 0.151. The Morgan fingerprint density at radius 3 is 1.10 bits per heavy atom. The lowest BCUT2D eigenvalue weighted by Crippen LogP contribution is -2.11. The van der Waals surface area contributed by atoms with Gasteiger partial charge in [0.25, 0.3) is 0 Å². The second-order valence-electron chi connectivity index (χ2n) is 21.5. The van der Waals surface area contributed by atoms with Crippen LogP contribution in [0.2, 0.25) is 0 Å². The third kappa shape index (κ3) is 6.57.